The number of fused-ring (bicyclic) bond motifs is 1. The van der Waals surface area contributed by atoms with Crippen molar-refractivity contribution in [3.8, 4) is 0 Å². The van der Waals surface area contributed by atoms with Crippen LogP contribution < -0.4 is 5.73 Å². The highest BCUT2D eigenvalue weighted by molar-refractivity contribution is 8.00. The lowest BCUT2D eigenvalue weighted by Crippen LogP contribution is -1.81. The van der Waals surface area contributed by atoms with Crippen molar-refractivity contribution < 1.29 is 4.42 Å². The molecular formula is C12H11N3OS2. The van der Waals surface area contributed by atoms with Crippen LogP contribution in [-0.4, -0.2) is 9.97 Å². The Hall–Kier alpha value is -1.53. The van der Waals surface area contributed by atoms with E-state index >= 15 is 0 Å². The van der Waals surface area contributed by atoms with Crippen LogP contribution in [0.3, 0.4) is 0 Å². The van der Waals surface area contributed by atoms with Gasteiger partial charge in [0, 0.05) is 22.8 Å². The third-order valence-electron chi connectivity index (χ3n) is 2.37. The fourth-order valence-electron chi connectivity index (χ4n) is 1.57. The molecule has 0 radical (unpaired) electrons. The number of rotatable bonds is 3. The Bertz CT molecular complexity index is 690. The average Bonchev–Trinajstić information content (AvgIpc) is 2.92. The summed E-state index contributed by atoms with van der Waals surface area (Å²) in [4.78, 5) is 8.80. The van der Waals surface area contributed by atoms with Crippen LogP contribution in [0.15, 0.2) is 32.3 Å². The minimum atomic E-state index is 0.682. The van der Waals surface area contributed by atoms with Crippen molar-refractivity contribution in [1.29, 1.82) is 0 Å². The summed E-state index contributed by atoms with van der Waals surface area (Å²) >= 11 is 3.27. The largest absolute Gasteiger partial charge is 0.440 e. The number of thioether (sulfide) groups is 1. The summed E-state index contributed by atoms with van der Waals surface area (Å²) in [6, 6.07) is 5.49. The molecule has 3 rings (SSSR count). The summed E-state index contributed by atoms with van der Waals surface area (Å²) in [6.07, 6.45) is 0. The molecule has 0 amide bonds. The fourth-order valence-corrected chi connectivity index (χ4v) is 3.27. The molecular weight excluding hydrogens is 266 g/mol. The van der Waals surface area contributed by atoms with Crippen molar-refractivity contribution in [2.45, 2.75) is 17.0 Å². The van der Waals surface area contributed by atoms with Gasteiger partial charge in [-0.3, -0.25) is 0 Å². The first-order valence-corrected chi connectivity index (χ1v) is 7.27. The van der Waals surface area contributed by atoms with Crippen LogP contribution in [0.5, 0.6) is 0 Å². The van der Waals surface area contributed by atoms with E-state index in [-0.39, 0.29) is 0 Å². The summed E-state index contributed by atoms with van der Waals surface area (Å²) in [7, 11) is 0. The van der Waals surface area contributed by atoms with Gasteiger partial charge in [0.15, 0.2) is 9.92 Å². The van der Waals surface area contributed by atoms with Gasteiger partial charge in [0.05, 0.1) is 5.75 Å². The Morgan fingerprint density at radius 1 is 1.39 bits per heavy atom. The maximum absolute atomic E-state index is 5.70. The van der Waals surface area contributed by atoms with Gasteiger partial charge in [0.25, 0.3) is 0 Å². The fraction of sp³-hybridized carbons (Fsp3) is 0.167. The van der Waals surface area contributed by atoms with Gasteiger partial charge in [0.2, 0.25) is 5.89 Å². The number of aryl methyl sites for hydroxylation is 1. The maximum atomic E-state index is 5.70. The van der Waals surface area contributed by atoms with Gasteiger partial charge in [-0.05, 0) is 19.1 Å². The first-order valence-electron chi connectivity index (χ1n) is 5.40. The smallest absolute Gasteiger partial charge is 0.205 e. The van der Waals surface area contributed by atoms with Crippen LogP contribution in [0.4, 0.5) is 5.69 Å². The molecule has 0 saturated heterocycles. The van der Waals surface area contributed by atoms with E-state index in [9.17, 15) is 0 Å². The number of hydrogen-bond acceptors (Lipinski definition) is 6. The third kappa shape index (κ3) is 2.34. The monoisotopic (exact) mass is 277 g/mol. The van der Waals surface area contributed by atoms with Gasteiger partial charge in [-0.25, -0.2) is 9.97 Å². The lowest BCUT2D eigenvalue weighted by atomic mass is 10.3. The molecule has 0 bridgehead atoms. The molecule has 6 heteroatoms. The molecule has 0 aliphatic carbocycles. The molecule has 4 nitrogen and oxygen atoms in total. The second-order valence-electron chi connectivity index (χ2n) is 3.88. The van der Waals surface area contributed by atoms with Crippen LogP contribution in [0.1, 0.15) is 11.6 Å². The SMILES string of the molecule is Cc1csc(SCc2nc3ccc(N)cc3o2)n1. The van der Waals surface area contributed by atoms with Gasteiger partial charge in [-0.1, -0.05) is 11.8 Å². The molecule has 0 fully saturated rings. The molecule has 18 heavy (non-hydrogen) atoms. The summed E-state index contributed by atoms with van der Waals surface area (Å²) in [5.41, 5.74) is 9.02. The lowest BCUT2D eigenvalue weighted by molar-refractivity contribution is 0.556. The minimum Gasteiger partial charge on any atom is -0.440 e. The highest BCUT2D eigenvalue weighted by Gasteiger charge is 2.08. The molecule has 0 unspecified atom stereocenters. The molecule has 0 aliphatic rings. The van der Waals surface area contributed by atoms with E-state index in [4.69, 9.17) is 10.2 Å². The summed E-state index contributed by atoms with van der Waals surface area (Å²) in [5.74, 6) is 1.38. The van der Waals surface area contributed by atoms with Crippen molar-refractivity contribution >= 4 is 39.9 Å². The lowest BCUT2D eigenvalue weighted by Gasteiger charge is -1.91. The van der Waals surface area contributed by atoms with E-state index in [2.05, 4.69) is 9.97 Å². The average molecular weight is 277 g/mol. The molecule has 92 valence electrons. The van der Waals surface area contributed by atoms with E-state index in [1.54, 1.807) is 29.2 Å². The first kappa shape index (κ1) is 11.6. The van der Waals surface area contributed by atoms with Crippen LogP contribution in [0, 0.1) is 6.92 Å². The Balaban J connectivity index is 1.78. The minimum absolute atomic E-state index is 0.682. The first-order chi connectivity index (χ1) is 8.70. The number of nitrogens with two attached hydrogens (primary N) is 1. The van der Waals surface area contributed by atoms with Crippen molar-refractivity contribution in [3.63, 3.8) is 0 Å². The third-order valence-corrected chi connectivity index (χ3v) is 4.50. The van der Waals surface area contributed by atoms with E-state index in [1.165, 1.54) is 0 Å². The molecule has 1 aromatic carbocycles. The number of hydrogen-bond donors (Lipinski definition) is 1. The quantitative estimate of drug-likeness (QED) is 0.586. The second-order valence-corrected chi connectivity index (χ2v) is 5.96. The number of benzene rings is 1. The molecule has 0 spiro atoms. The van der Waals surface area contributed by atoms with E-state index in [0.29, 0.717) is 17.3 Å². The number of oxazole rings is 1. The molecule has 3 aromatic rings. The molecule has 0 saturated carbocycles. The highest BCUT2D eigenvalue weighted by atomic mass is 32.2. The van der Waals surface area contributed by atoms with Gasteiger partial charge in [-0.15, -0.1) is 11.3 Å². The number of nitrogen functional groups attached to an aromatic ring is 1. The number of thiazole rings is 1. The Morgan fingerprint density at radius 3 is 3.06 bits per heavy atom. The predicted molar refractivity (Wildman–Crippen MR) is 74.8 cm³/mol. The van der Waals surface area contributed by atoms with Crippen molar-refractivity contribution in [2.75, 3.05) is 5.73 Å². The molecule has 2 heterocycles. The molecule has 0 aliphatic heterocycles. The van der Waals surface area contributed by atoms with Gasteiger partial charge >= 0.3 is 0 Å². The Labute approximate surface area is 112 Å². The molecule has 2 N–H and O–H groups in total. The topological polar surface area (TPSA) is 64.9 Å². The van der Waals surface area contributed by atoms with E-state index in [0.717, 1.165) is 21.1 Å². The zero-order valence-corrected chi connectivity index (χ0v) is 11.3. The maximum Gasteiger partial charge on any atom is 0.205 e. The Kier molecular flexibility index (Phi) is 2.97. The predicted octanol–water partition coefficient (Wildman–Crippen LogP) is 3.47. The van der Waals surface area contributed by atoms with Crippen LogP contribution in [0.25, 0.3) is 11.1 Å². The van der Waals surface area contributed by atoms with Crippen molar-refractivity contribution in [2.24, 2.45) is 0 Å². The summed E-state index contributed by atoms with van der Waals surface area (Å²) < 4.78 is 6.68. The van der Waals surface area contributed by atoms with Crippen molar-refractivity contribution in [3.05, 3.63) is 35.2 Å². The normalized spacial score (nSPS) is 11.2. The molecule has 2 aromatic heterocycles. The van der Waals surface area contributed by atoms with Gasteiger partial charge in [-0.2, -0.15) is 0 Å². The standard InChI is InChI=1S/C12H11N3OS2/c1-7-5-17-12(14-7)18-6-11-15-9-3-2-8(13)4-10(9)16-11/h2-5H,6,13H2,1H3. The van der Waals surface area contributed by atoms with Crippen LogP contribution >= 0.6 is 23.1 Å². The summed E-state index contributed by atoms with van der Waals surface area (Å²) in [5, 5.41) is 2.04. The van der Waals surface area contributed by atoms with E-state index in [1.807, 2.05) is 24.4 Å². The zero-order valence-electron chi connectivity index (χ0n) is 9.71. The van der Waals surface area contributed by atoms with Gasteiger partial charge in [0.1, 0.15) is 5.52 Å². The van der Waals surface area contributed by atoms with Crippen LogP contribution in [0.2, 0.25) is 0 Å². The van der Waals surface area contributed by atoms with E-state index < -0.39 is 0 Å². The van der Waals surface area contributed by atoms with Crippen LogP contribution in [-0.2, 0) is 5.75 Å². The number of aromatic nitrogens is 2. The molecule has 0 atom stereocenters. The van der Waals surface area contributed by atoms with Gasteiger partial charge < -0.3 is 10.2 Å². The second kappa shape index (κ2) is 4.62. The number of anilines is 1. The zero-order chi connectivity index (χ0) is 12.5. The number of nitrogens with zero attached hydrogens (tertiary/aromatic N) is 2. The Morgan fingerprint density at radius 2 is 2.28 bits per heavy atom. The summed E-state index contributed by atoms with van der Waals surface area (Å²) in [6.45, 7) is 1.99. The van der Waals surface area contributed by atoms with Crippen molar-refractivity contribution in [1.82, 2.24) is 9.97 Å². The highest BCUT2D eigenvalue weighted by Crippen LogP contribution is 2.27.